The summed E-state index contributed by atoms with van der Waals surface area (Å²) < 4.78 is 10.7. The van der Waals surface area contributed by atoms with Crippen LogP contribution in [-0.2, 0) is 4.79 Å². The SMILES string of the molecule is CCOc1c(Cl)cc(/C=C2/SC(=O)N(C(C)C)C2=O)cc1OC. The minimum atomic E-state index is -0.293. The summed E-state index contributed by atoms with van der Waals surface area (Å²) in [6, 6.07) is 3.23. The van der Waals surface area contributed by atoms with E-state index in [0.29, 0.717) is 33.6 Å². The van der Waals surface area contributed by atoms with Crippen LogP contribution in [0.25, 0.3) is 6.08 Å². The fourth-order valence-electron chi connectivity index (χ4n) is 2.18. The number of carbonyl (C=O) groups is 2. The van der Waals surface area contributed by atoms with Crippen LogP contribution >= 0.6 is 23.4 Å². The van der Waals surface area contributed by atoms with E-state index in [-0.39, 0.29) is 17.2 Å². The molecular formula is C16H18ClNO4S. The average Bonchev–Trinajstić information content (AvgIpc) is 2.75. The highest BCUT2D eigenvalue weighted by atomic mass is 35.5. The second-order valence-electron chi connectivity index (χ2n) is 5.11. The van der Waals surface area contributed by atoms with Crippen LogP contribution in [0.2, 0.25) is 5.02 Å². The minimum absolute atomic E-state index is 0.174. The third-order valence-corrected chi connectivity index (χ3v) is 4.34. The fourth-order valence-corrected chi connectivity index (χ4v) is 3.42. The Kier molecular flexibility index (Phi) is 5.59. The summed E-state index contributed by atoms with van der Waals surface area (Å²) in [5, 5.41) is 0.126. The first-order valence-corrected chi connectivity index (χ1v) is 8.35. The van der Waals surface area contributed by atoms with E-state index in [1.807, 2.05) is 6.92 Å². The normalized spacial score (nSPS) is 16.6. The first-order chi connectivity index (χ1) is 10.9. The molecule has 1 aromatic carbocycles. The molecule has 1 aliphatic rings. The highest BCUT2D eigenvalue weighted by molar-refractivity contribution is 8.18. The molecule has 124 valence electrons. The molecule has 0 unspecified atom stereocenters. The largest absolute Gasteiger partial charge is 0.493 e. The quantitative estimate of drug-likeness (QED) is 0.741. The average molecular weight is 356 g/mol. The van der Waals surface area contributed by atoms with Crippen LogP contribution in [-0.4, -0.2) is 35.8 Å². The van der Waals surface area contributed by atoms with E-state index in [9.17, 15) is 9.59 Å². The van der Waals surface area contributed by atoms with Gasteiger partial charge in [0, 0.05) is 6.04 Å². The molecule has 0 aliphatic carbocycles. The van der Waals surface area contributed by atoms with Crippen LogP contribution in [0.4, 0.5) is 4.79 Å². The number of nitrogens with zero attached hydrogens (tertiary/aromatic N) is 1. The minimum Gasteiger partial charge on any atom is -0.493 e. The first-order valence-electron chi connectivity index (χ1n) is 7.16. The molecule has 0 bridgehead atoms. The predicted molar refractivity (Wildman–Crippen MR) is 92.1 cm³/mol. The van der Waals surface area contributed by atoms with E-state index in [0.717, 1.165) is 11.8 Å². The highest BCUT2D eigenvalue weighted by Crippen LogP contribution is 2.39. The first kappa shape index (κ1) is 17.7. The Morgan fingerprint density at radius 2 is 2.04 bits per heavy atom. The van der Waals surface area contributed by atoms with Crippen molar-refractivity contribution in [3.05, 3.63) is 27.6 Å². The Hall–Kier alpha value is -1.66. The molecule has 1 fully saturated rings. The zero-order chi connectivity index (χ0) is 17.1. The maximum atomic E-state index is 12.3. The van der Waals surface area contributed by atoms with Crippen LogP contribution in [0.5, 0.6) is 11.5 Å². The van der Waals surface area contributed by atoms with Gasteiger partial charge in [-0.25, -0.2) is 0 Å². The second kappa shape index (κ2) is 7.27. The number of amides is 2. The van der Waals surface area contributed by atoms with Gasteiger partial charge in [0.2, 0.25) is 0 Å². The number of ether oxygens (including phenoxy) is 2. The summed E-state index contributed by atoms with van der Waals surface area (Å²) >= 11 is 7.14. The lowest BCUT2D eigenvalue weighted by molar-refractivity contribution is -0.123. The molecule has 0 spiro atoms. The number of carbonyl (C=O) groups excluding carboxylic acids is 2. The summed E-state index contributed by atoms with van der Waals surface area (Å²) in [5.41, 5.74) is 0.671. The number of hydrogen-bond acceptors (Lipinski definition) is 5. The number of rotatable bonds is 5. The zero-order valence-corrected chi connectivity index (χ0v) is 15.0. The van der Waals surface area contributed by atoms with Crippen LogP contribution in [0, 0.1) is 0 Å². The van der Waals surface area contributed by atoms with Gasteiger partial charge in [-0.05, 0) is 56.3 Å². The lowest BCUT2D eigenvalue weighted by atomic mass is 10.1. The van der Waals surface area contributed by atoms with Crippen molar-refractivity contribution >= 4 is 40.6 Å². The molecule has 5 nitrogen and oxygen atoms in total. The number of hydrogen-bond donors (Lipinski definition) is 0. The zero-order valence-electron chi connectivity index (χ0n) is 13.4. The van der Waals surface area contributed by atoms with Crippen molar-refractivity contribution in [1.29, 1.82) is 0 Å². The van der Waals surface area contributed by atoms with E-state index < -0.39 is 0 Å². The van der Waals surface area contributed by atoms with Gasteiger partial charge < -0.3 is 9.47 Å². The van der Waals surface area contributed by atoms with Crippen LogP contribution in [0.15, 0.2) is 17.0 Å². The molecule has 7 heteroatoms. The molecule has 1 aliphatic heterocycles. The lowest BCUT2D eigenvalue weighted by Gasteiger charge is -2.16. The van der Waals surface area contributed by atoms with Gasteiger partial charge in [0.15, 0.2) is 11.5 Å². The Morgan fingerprint density at radius 3 is 2.57 bits per heavy atom. The fraction of sp³-hybridized carbons (Fsp3) is 0.375. The predicted octanol–water partition coefficient (Wildman–Crippen LogP) is 4.19. The van der Waals surface area contributed by atoms with Gasteiger partial charge in [-0.2, -0.15) is 0 Å². The summed E-state index contributed by atoms with van der Waals surface area (Å²) in [7, 11) is 1.52. The third-order valence-electron chi connectivity index (χ3n) is 3.18. The summed E-state index contributed by atoms with van der Waals surface area (Å²) in [6.07, 6.45) is 1.64. The van der Waals surface area contributed by atoms with Crippen molar-refractivity contribution < 1.29 is 19.1 Å². The van der Waals surface area contributed by atoms with Crippen molar-refractivity contribution in [2.45, 2.75) is 26.8 Å². The smallest absolute Gasteiger partial charge is 0.293 e. The molecule has 0 aromatic heterocycles. The lowest BCUT2D eigenvalue weighted by Crippen LogP contribution is -2.34. The van der Waals surface area contributed by atoms with Gasteiger partial charge in [-0.1, -0.05) is 11.6 Å². The van der Waals surface area contributed by atoms with Crippen LogP contribution in [0.1, 0.15) is 26.3 Å². The molecule has 0 N–H and O–H groups in total. The van der Waals surface area contributed by atoms with Gasteiger partial charge in [-0.15, -0.1) is 0 Å². The maximum absolute atomic E-state index is 12.3. The summed E-state index contributed by atoms with van der Waals surface area (Å²) in [5.74, 6) is 0.650. The Bertz CT molecular complexity index is 672. The molecule has 0 atom stereocenters. The third kappa shape index (κ3) is 3.64. The molecule has 1 saturated heterocycles. The molecular weight excluding hydrogens is 338 g/mol. The highest BCUT2D eigenvalue weighted by Gasteiger charge is 2.36. The number of methoxy groups -OCH3 is 1. The number of imide groups is 1. The van der Waals surface area contributed by atoms with E-state index in [4.69, 9.17) is 21.1 Å². The van der Waals surface area contributed by atoms with Crippen LogP contribution in [0.3, 0.4) is 0 Å². The molecule has 1 aromatic rings. The standard InChI is InChI=1S/C16H18ClNO4S/c1-5-22-14-11(17)6-10(7-12(14)21-4)8-13-15(19)18(9(2)3)16(20)23-13/h6-9H,5H2,1-4H3/b13-8+. The molecule has 1 heterocycles. The maximum Gasteiger partial charge on any atom is 0.293 e. The van der Waals surface area contributed by atoms with E-state index in [1.54, 1.807) is 32.1 Å². The summed E-state index contributed by atoms with van der Waals surface area (Å²) in [4.78, 5) is 25.8. The van der Waals surface area contributed by atoms with E-state index in [2.05, 4.69) is 0 Å². The Morgan fingerprint density at radius 1 is 1.35 bits per heavy atom. The van der Waals surface area contributed by atoms with Crippen molar-refractivity contribution in [3.63, 3.8) is 0 Å². The number of benzene rings is 1. The van der Waals surface area contributed by atoms with Crippen molar-refractivity contribution in [2.75, 3.05) is 13.7 Å². The second-order valence-corrected chi connectivity index (χ2v) is 6.51. The Balaban J connectivity index is 2.38. The number of thioether (sulfide) groups is 1. The van der Waals surface area contributed by atoms with E-state index >= 15 is 0 Å². The van der Waals surface area contributed by atoms with Gasteiger partial charge >= 0.3 is 0 Å². The van der Waals surface area contributed by atoms with E-state index in [1.165, 1.54) is 12.0 Å². The molecule has 0 saturated carbocycles. The summed E-state index contributed by atoms with van der Waals surface area (Å²) in [6.45, 7) is 5.92. The van der Waals surface area contributed by atoms with Gasteiger partial charge in [0.25, 0.3) is 11.1 Å². The van der Waals surface area contributed by atoms with Crippen molar-refractivity contribution in [2.24, 2.45) is 0 Å². The van der Waals surface area contributed by atoms with Gasteiger partial charge in [0.05, 0.1) is 23.6 Å². The monoisotopic (exact) mass is 355 g/mol. The molecule has 23 heavy (non-hydrogen) atoms. The molecule has 0 radical (unpaired) electrons. The number of halogens is 1. The van der Waals surface area contributed by atoms with Crippen molar-refractivity contribution in [1.82, 2.24) is 4.90 Å². The van der Waals surface area contributed by atoms with Crippen molar-refractivity contribution in [3.8, 4) is 11.5 Å². The topological polar surface area (TPSA) is 55.8 Å². The van der Waals surface area contributed by atoms with Gasteiger partial charge in [-0.3, -0.25) is 14.5 Å². The van der Waals surface area contributed by atoms with Gasteiger partial charge in [0.1, 0.15) is 0 Å². The molecule has 2 amide bonds. The van der Waals surface area contributed by atoms with Crippen LogP contribution < -0.4 is 9.47 Å². The molecule has 2 rings (SSSR count). The Labute approximate surface area is 144 Å².